The number of alkyl halides is 17. The molecule has 3 aromatic carbocycles. The zero-order valence-corrected chi connectivity index (χ0v) is 24.5. The normalized spacial score (nSPS) is 15.8. The molecule has 0 unspecified atom stereocenters. The summed E-state index contributed by atoms with van der Waals surface area (Å²) in [4.78, 5) is 0. The molecule has 0 fully saturated rings. The van der Waals surface area contributed by atoms with Gasteiger partial charge in [-0.15, -0.1) is 10.3 Å². The molecule has 0 aliphatic heterocycles. The zero-order chi connectivity index (χ0) is 36.7. The zero-order valence-electron chi connectivity index (χ0n) is 22.9. The minimum absolute atomic E-state index is 0.105. The van der Waals surface area contributed by atoms with Gasteiger partial charge in [-0.2, -0.15) is 83.1 Å². The molecule has 0 radical (unpaired) electrons. The maximum Gasteiger partial charge on any atom is 0.460 e. The van der Waals surface area contributed by atoms with E-state index in [1.807, 2.05) is 0 Å². The summed E-state index contributed by atoms with van der Waals surface area (Å²) >= 11 is 0. The van der Waals surface area contributed by atoms with Gasteiger partial charge in [0.1, 0.15) is 0 Å². The SMILES string of the molecule is CS(C)(Cc1c2ccccc2cc2ccccc12)OS(=O)(=O)C(F)(F)C(F)(F)C(F)(F)C(F)(F)C(F)(F)C(F)(F)C(F)(F)C(F)(F)F. The fourth-order valence-corrected chi connectivity index (χ4v) is 8.15. The van der Waals surface area contributed by atoms with Gasteiger partial charge in [-0.3, -0.25) is 0 Å². The first-order chi connectivity index (χ1) is 20.8. The summed E-state index contributed by atoms with van der Waals surface area (Å²) in [5, 5.41) is -6.24. The standard InChI is InChI=1S/C25H17F17O3S2/c1-46(2,12-17-15-9-5-3-7-13(15)11-14-8-4-6-10-16(14)17)45-47(43,44)25(41,42)23(36,37)21(32,33)19(28,29)18(26,27)20(30,31)22(34,35)24(38,39)40/h3-11H,12H2,1-2H3. The van der Waals surface area contributed by atoms with Gasteiger partial charge < -0.3 is 0 Å². The number of hydrogen-bond donors (Lipinski definition) is 0. The van der Waals surface area contributed by atoms with Crippen LogP contribution in [0.1, 0.15) is 5.56 Å². The van der Waals surface area contributed by atoms with E-state index in [1.54, 1.807) is 18.2 Å². The van der Waals surface area contributed by atoms with Crippen LogP contribution in [-0.2, 0) is 19.5 Å². The van der Waals surface area contributed by atoms with E-state index in [0.717, 1.165) is 0 Å². The van der Waals surface area contributed by atoms with E-state index in [4.69, 9.17) is 0 Å². The lowest BCUT2D eigenvalue weighted by molar-refractivity contribution is -0.458. The van der Waals surface area contributed by atoms with Crippen molar-refractivity contribution < 1.29 is 86.7 Å². The summed E-state index contributed by atoms with van der Waals surface area (Å²) in [6, 6.07) is 13.6. The fraction of sp³-hybridized carbons (Fsp3) is 0.440. The van der Waals surface area contributed by atoms with Crippen LogP contribution in [0, 0.1) is 0 Å². The van der Waals surface area contributed by atoms with Crippen LogP contribution in [0.25, 0.3) is 21.5 Å². The molecular weight excluding hydrogens is 735 g/mol. The molecule has 266 valence electrons. The minimum atomic E-state index is -8.91. The molecular formula is C25H17F17O3S2. The maximum atomic E-state index is 14.7. The summed E-state index contributed by atoms with van der Waals surface area (Å²) in [7, 11) is -11.5. The van der Waals surface area contributed by atoms with E-state index in [0.29, 0.717) is 34.1 Å². The van der Waals surface area contributed by atoms with Crippen molar-refractivity contribution in [3.05, 3.63) is 60.2 Å². The van der Waals surface area contributed by atoms with Gasteiger partial charge in [0.05, 0.1) is 0 Å². The van der Waals surface area contributed by atoms with E-state index in [9.17, 15) is 83.1 Å². The van der Waals surface area contributed by atoms with Crippen LogP contribution in [0.5, 0.6) is 0 Å². The third-order valence-corrected chi connectivity index (χ3v) is 10.7. The van der Waals surface area contributed by atoms with Crippen LogP contribution in [0.2, 0.25) is 0 Å². The van der Waals surface area contributed by atoms with Gasteiger partial charge in [0, 0.05) is 5.75 Å². The molecule has 0 spiro atoms. The lowest BCUT2D eigenvalue weighted by Gasteiger charge is -2.42. The van der Waals surface area contributed by atoms with Gasteiger partial charge in [0.25, 0.3) is 0 Å². The lowest BCUT2D eigenvalue weighted by Crippen LogP contribution is -2.75. The van der Waals surface area contributed by atoms with Crippen LogP contribution >= 0.6 is 10.3 Å². The van der Waals surface area contributed by atoms with Gasteiger partial charge in [-0.25, -0.2) is 3.63 Å². The van der Waals surface area contributed by atoms with Crippen molar-refractivity contribution in [2.75, 3.05) is 12.5 Å². The van der Waals surface area contributed by atoms with Gasteiger partial charge in [0.2, 0.25) is 0 Å². The topological polar surface area (TPSA) is 43.4 Å². The lowest BCUT2D eigenvalue weighted by atomic mass is 9.91. The van der Waals surface area contributed by atoms with Crippen molar-refractivity contribution in [2.45, 2.75) is 52.7 Å². The summed E-state index contributed by atoms with van der Waals surface area (Å²) < 4.78 is 261. The third kappa shape index (κ3) is 5.64. The monoisotopic (exact) mass is 752 g/mol. The Morgan fingerprint density at radius 2 is 0.872 bits per heavy atom. The number of rotatable bonds is 11. The molecule has 3 nitrogen and oxygen atoms in total. The van der Waals surface area contributed by atoms with Gasteiger partial charge in [-0.1, -0.05) is 48.5 Å². The van der Waals surface area contributed by atoms with Crippen molar-refractivity contribution in [2.24, 2.45) is 0 Å². The Bertz CT molecular complexity index is 1710. The molecule has 3 aromatic rings. The second-order valence-corrected chi connectivity index (χ2v) is 15.5. The van der Waals surface area contributed by atoms with Crippen molar-refractivity contribution in [1.82, 2.24) is 0 Å². The summed E-state index contributed by atoms with van der Waals surface area (Å²) in [6.45, 7) is 0. The molecule has 0 amide bonds. The molecule has 0 aromatic heterocycles. The highest BCUT2D eigenvalue weighted by Crippen LogP contribution is 2.65. The number of benzene rings is 3. The Labute approximate surface area is 254 Å². The molecule has 0 aliphatic carbocycles. The largest absolute Gasteiger partial charge is 0.460 e. The molecule has 47 heavy (non-hydrogen) atoms. The summed E-state index contributed by atoms with van der Waals surface area (Å²) in [6.07, 6.45) is -6.55. The predicted molar refractivity (Wildman–Crippen MR) is 135 cm³/mol. The average Bonchev–Trinajstić information content (AvgIpc) is 2.90. The van der Waals surface area contributed by atoms with Crippen LogP contribution in [0.4, 0.5) is 74.6 Å². The average molecular weight is 753 g/mol. The van der Waals surface area contributed by atoms with E-state index in [1.165, 1.54) is 36.4 Å². The van der Waals surface area contributed by atoms with Gasteiger partial charge >= 0.3 is 57.1 Å². The van der Waals surface area contributed by atoms with Crippen LogP contribution in [-0.4, -0.2) is 67.9 Å². The van der Waals surface area contributed by atoms with Gasteiger partial charge in [-0.05, 0) is 45.7 Å². The quantitative estimate of drug-likeness (QED) is 0.145. The van der Waals surface area contributed by atoms with Crippen molar-refractivity contribution in [3.8, 4) is 0 Å². The van der Waals surface area contributed by atoms with Crippen molar-refractivity contribution >= 4 is 42.0 Å². The van der Waals surface area contributed by atoms with E-state index in [2.05, 4.69) is 3.63 Å². The second kappa shape index (κ2) is 11.1. The van der Waals surface area contributed by atoms with Gasteiger partial charge in [0.15, 0.2) is 0 Å². The molecule has 3 rings (SSSR count). The minimum Gasteiger partial charge on any atom is -0.215 e. The molecule has 0 heterocycles. The molecule has 0 N–H and O–H groups in total. The first-order valence-electron chi connectivity index (χ1n) is 12.0. The molecule has 0 atom stereocenters. The molecule has 22 heteroatoms. The van der Waals surface area contributed by atoms with Crippen molar-refractivity contribution in [3.63, 3.8) is 0 Å². The Balaban J connectivity index is 2.08. The Morgan fingerprint density at radius 1 is 0.532 bits per heavy atom. The summed E-state index contributed by atoms with van der Waals surface area (Å²) in [5.41, 5.74) is 0.105. The number of hydrogen-bond acceptors (Lipinski definition) is 3. The highest BCUT2D eigenvalue weighted by atomic mass is 32.3. The van der Waals surface area contributed by atoms with Crippen LogP contribution in [0.15, 0.2) is 54.6 Å². The van der Waals surface area contributed by atoms with E-state index < -0.39 is 73.1 Å². The van der Waals surface area contributed by atoms with Crippen LogP contribution in [0.3, 0.4) is 0 Å². The first kappa shape index (κ1) is 38.7. The highest BCUT2D eigenvalue weighted by molar-refractivity contribution is 8.31. The second-order valence-electron chi connectivity index (χ2n) is 10.4. The Morgan fingerprint density at radius 3 is 1.26 bits per heavy atom. The van der Waals surface area contributed by atoms with Crippen molar-refractivity contribution in [1.29, 1.82) is 0 Å². The highest BCUT2D eigenvalue weighted by Gasteiger charge is 2.96. The third-order valence-electron chi connectivity index (χ3n) is 6.66. The van der Waals surface area contributed by atoms with Crippen LogP contribution < -0.4 is 0 Å². The van der Waals surface area contributed by atoms with E-state index in [-0.39, 0.29) is 5.56 Å². The summed E-state index contributed by atoms with van der Waals surface area (Å²) in [5.74, 6) is -52.8. The predicted octanol–water partition coefficient (Wildman–Crippen LogP) is 9.79. The first-order valence-corrected chi connectivity index (χ1v) is 16.0. The Kier molecular flexibility index (Phi) is 9.17. The fourth-order valence-electron chi connectivity index (χ4n) is 4.23. The Hall–Kier alpha value is -2.75. The molecule has 0 saturated carbocycles. The molecule has 0 aliphatic rings. The van der Waals surface area contributed by atoms with E-state index >= 15 is 0 Å². The number of halogens is 17. The molecule has 0 saturated heterocycles. The molecule has 0 bridgehead atoms. The maximum absolute atomic E-state index is 14.7. The number of fused-ring (bicyclic) bond motifs is 2. The smallest absolute Gasteiger partial charge is 0.215 e.